The molecule has 22 heavy (non-hydrogen) atoms. The summed E-state index contributed by atoms with van der Waals surface area (Å²) in [6.07, 6.45) is 2.19. The molecule has 4 rings (SSSR count). The summed E-state index contributed by atoms with van der Waals surface area (Å²) in [5, 5.41) is 0. The Bertz CT molecular complexity index is 817. The second-order valence-electron chi connectivity index (χ2n) is 5.09. The number of aromatic nitrogens is 1. The minimum atomic E-state index is 0.218. The Hall–Kier alpha value is -2.96. The van der Waals surface area contributed by atoms with Crippen molar-refractivity contribution in [3.63, 3.8) is 0 Å². The molecule has 0 aliphatic carbocycles. The second kappa shape index (κ2) is 4.52. The SMILES string of the molecule is CN=Cc1c(N)nc2c(c1N)Cc1cc3c(cc1O2)OCO3. The van der Waals surface area contributed by atoms with Crippen LogP contribution in [-0.4, -0.2) is 25.0 Å². The monoisotopic (exact) mass is 298 g/mol. The highest BCUT2D eigenvalue weighted by atomic mass is 16.7. The van der Waals surface area contributed by atoms with Crippen molar-refractivity contribution in [3.05, 3.63) is 28.8 Å². The van der Waals surface area contributed by atoms with Crippen molar-refractivity contribution in [3.8, 4) is 23.1 Å². The minimum absolute atomic E-state index is 0.218. The van der Waals surface area contributed by atoms with Gasteiger partial charge >= 0.3 is 0 Å². The van der Waals surface area contributed by atoms with Crippen molar-refractivity contribution in [2.75, 3.05) is 25.3 Å². The van der Waals surface area contributed by atoms with Gasteiger partial charge in [-0.2, -0.15) is 4.98 Å². The summed E-state index contributed by atoms with van der Waals surface area (Å²) in [5.41, 5.74) is 15.1. The van der Waals surface area contributed by atoms with Crippen molar-refractivity contribution < 1.29 is 14.2 Å². The number of ether oxygens (including phenoxy) is 3. The van der Waals surface area contributed by atoms with Crippen LogP contribution in [0.4, 0.5) is 11.5 Å². The highest BCUT2D eigenvalue weighted by Crippen LogP contribution is 2.45. The number of fused-ring (bicyclic) bond motifs is 3. The molecule has 0 fully saturated rings. The first kappa shape index (κ1) is 12.8. The lowest BCUT2D eigenvalue weighted by Crippen LogP contribution is -2.12. The van der Waals surface area contributed by atoms with Crippen molar-refractivity contribution in [2.45, 2.75) is 6.42 Å². The molecule has 0 radical (unpaired) electrons. The van der Waals surface area contributed by atoms with Gasteiger partial charge < -0.3 is 25.7 Å². The summed E-state index contributed by atoms with van der Waals surface area (Å²) in [6, 6.07) is 3.71. The van der Waals surface area contributed by atoms with Crippen molar-refractivity contribution in [1.82, 2.24) is 4.98 Å². The normalized spacial score (nSPS) is 14.6. The van der Waals surface area contributed by atoms with E-state index < -0.39 is 0 Å². The number of benzene rings is 1. The zero-order chi connectivity index (χ0) is 15.3. The van der Waals surface area contributed by atoms with Gasteiger partial charge in [0.1, 0.15) is 11.6 Å². The maximum atomic E-state index is 6.21. The summed E-state index contributed by atoms with van der Waals surface area (Å²) < 4.78 is 16.6. The summed E-state index contributed by atoms with van der Waals surface area (Å²) >= 11 is 0. The first-order valence-electron chi connectivity index (χ1n) is 6.77. The molecule has 0 atom stereocenters. The summed E-state index contributed by atoms with van der Waals surface area (Å²) in [6.45, 7) is 0.218. The topological polar surface area (TPSA) is 105 Å². The Morgan fingerprint density at radius 3 is 2.73 bits per heavy atom. The lowest BCUT2D eigenvalue weighted by Gasteiger charge is -2.22. The van der Waals surface area contributed by atoms with Crippen LogP contribution < -0.4 is 25.7 Å². The quantitative estimate of drug-likeness (QED) is 0.663. The number of hydrogen-bond donors (Lipinski definition) is 2. The molecule has 2 aliphatic heterocycles. The fourth-order valence-electron chi connectivity index (χ4n) is 2.67. The van der Waals surface area contributed by atoms with Gasteiger partial charge in [0.05, 0.1) is 11.3 Å². The van der Waals surface area contributed by atoms with Crippen molar-refractivity contribution in [1.29, 1.82) is 0 Å². The maximum absolute atomic E-state index is 6.21. The summed E-state index contributed by atoms with van der Waals surface area (Å²) in [7, 11) is 1.66. The molecule has 2 aliphatic rings. The van der Waals surface area contributed by atoms with E-state index in [9.17, 15) is 0 Å². The van der Waals surface area contributed by atoms with Gasteiger partial charge in [0, 0.05) is 36.9 Å². The predicted molar refractivity (Wildman–Crippen MR) is 82.0 cm³/mol. The van der Waals surface area contributed by atoms with E-state index in [1.165, 1.54) is 0 Å². The van der Waals surface area contributed by atoms with E-state index in [4.69, 9.17) is 25.7 Å². The zero-order valence-electron chi connectivity index (χ0n) is 11.9. The number of hydrogen-bond acceptors (Lipinski definition) is 7. The van der Waals surface area contributed by atoms with Gasteiger partial charge in [-0.1, -0.05) is 0 Å². The van der Waals surface area contributed by atoms with Crippen molar-refractivity contribution >= 4 is 17.7 Å². The van der Waals surface area contributed by atoms with Crippen LogP contribution in [-0.2, 0) is 6.42 Å². The van der Waals surface area contributed by atoms with Crippen LogP contribution >= 0.6 is 0 Å². The van der Waals surface area contributed by atoms with E-state index in [0.717, 1.165) is 11.1 Å². The first-order valence-corrected chi connectivity index (χ1v) is 6.77. The number of nitrogens with two attached hydrogens (primary N) is 2. The highest BCUT2D eigenvalue weighted by molar-refractivity contribution is 5.94. The molecule has 0 saturated carbocycles. The van der Waals surface area contributed by atoms with Gasteiger partial charge in [0.15, 0.2) is 11.5 Å². The van der Waals surface area contributed by atoms with E-state index in [-0.39, 0.29) is 6.79 Å². The van der Waals surface area contributed by atoms with Gasteiger partial charge in [0.2, 0.25) is 12.7 Å². The molecule has 0 amide bonds. The lowest BCUT2D eigenvalue weighted by atomic mass is 9.98. The molecule has 7 heteroatoms. The van der Waals surface area contributed by atoms with Crippen LogP contribution in [0.25, 0.3) is 0 Å². The molecule has 4 N–H and O–H groups in total. The number of nitrogen functional groups attached to an aromatic ring is 2. The Morgan fingerprint density at radius 1 is 1.18 bits per heavy atom. The van der Waals surface area contributed by atoms with Gasteiger partial charge in [-0.05, 0) is 6.07 Å². The van der Waals surface area contributed by atoms with E-state index >= 15 is 0 Å². The fraction of sp³-hybridized carbons (Fsp3) is 0.200. The van der Waals surface area contributed by atoms with E-state index in [2.05, 4.69) is 9.98 Å². The average Bonchev–Trinajstić information content (AvgIpc) is 2.95. The molecule has 1 aromatic heterocycles. The molecule has 112 valence electrons. The number of pyridine rings is 1. The molecule has 7 nitrogen and oxygen atoms in total. The Morgan fingerprint density at radius 2 is 1.95 bits per heavy atom. The highest BCUT2D eigenvalue weighted by Gasteiger charge is 2.27. The number of nitrogens with zero attached hydrogens (tertiary/aromatic N) is 2. The number of aliphatic imine (C=N–C) groups is 1. The minimum Gasteiger partial charge on any atom is -0.454 e. The van der Waals surface area contributed by atoms with Crippen LogP contribution in [0.5, 0.6) is 23.1 Å². The third-order valence-electron chi connectivity index (χ3n) is 3.76. The maximum Gasteiger partial charge on any atom is 0.231 e. The van der Waals surface area contributed by atoms with E-state index in [0.29, 0.717) is 46.6 Å². The third-order valence-corrected chi connectivity index (χ3v) is 3.76. The third kappa shape index (κ3) is 1.75. The number of rotatable bonds is 1. The largest absolute Gasteiger partial charge is 0.454 e. The fourth-order valence-corrected chi connectivity index (χ4v) is 2.67. The molecule has 0 bridgehead atoms. The average molecular weight is 298 g/mol. The van der Waals surface area contributed by atoms with Crippen LogP contribution in [0.15, 0.2) is 17.1 Å². The molecule has 0 spiro atoms. The Balaban J connectivity index is 1.84. The predicted octanol–water partition coefficient (Wildman–Crippen LogP) is 1.72. The molecule has 3 heterocycles. The van der Waals surface area contributed by atoms with Gasteiger partial charge in [-0.25, -0.2) is 0 Å². The van der Waals surface area contributed by atoms with E-state index in [1.807, 2.05) is 6.07 Å². The molecule has 2 aromatic rings. The summed E-state index contributed by atoms with van der Waals surface area (Å²) in [4.78, 5) is 8.26. The van der Waals surface area contributed by atoms with E-state index in [1.54, 1.807) is 19.3 Å². The smallest absolute Gasteiger partial charge is 0.231 e. The summed E-state index contributed by atoms with van der Waals surface area (Å²) in [5.74, 6) is 2.78. The zero-order valence-corrected chi connectivity index (χ0v) is 11.9. The first-order chi connectivity index (χ1) is 10.7. The van der Waals surface area contributed by atoms with Gasteiger partial charge in [-0.15, -0.1) is 0 Å². The molecule has 0 saturated heterocycles. The van der Waals surface area contributed by atoms with Crippen molar-refractivity contribution in [2.24, 2.45) is 4.99 Å². The number of anilines is 2. The van der Waals surface area contributed by atoms with Crippen LogP contribution in [0.2, 0.25) is 0 Å². The van der Waals surface area contributed by atoms with Gasteiger partial charge in [-0.3, -0.25) is 4.99 Å². The van der Waals surface area contributed by atoms with Crippen LogP contribution in [0, 0.1) is 0 Å². The molecule has 1 aromatic carbocycles. The second-order valence-corrected chi connectivity index (χ2v) is 5.09. The molecular formula is C15H14N4O3. The standard InChI is InChI=1S/C15H14N4O3/c1-18-5-9-13(16)8-2-7-3-11-12(21-6-20-11)4-10(7)22-15(8)19-14(9)17/h3-5H,2,6H2,1H3,(H4,16,17,19). The molecular weight excluding hydrogens is 284 g/mol. The Labute approximate surface area is 126 Å². The molecule has 0 unspecified atom stereocenters. The van der Waals surface area contributed by atoms with Gasteiger partial charge in [0.25, 0.3) is 0 Å². The Kier molecular flexibility index (Phi) is 2.62. The van der Waals surface area contributed by atoms with Crippen LogP contribution in [0.3, 0.4) is 0 Å². The van der Waals surface area contributed by atoms with Crippen LogP contribution in [0.1, 0.15) is 16.7 Å². The lowest BCUT2D eigenvalue weighted by molar-refractivity contribution is 0.174.